The van der Waals surface area contributed by atoms with Crippen molar-refractivity contribution in [1.82, 2.24) is 10.6 Å². The van der Waals surface area contributed by atoms with E-state index in [1.165, 1.54) is 0 Å². The van der Waals surface area contributed by atoms with Gasteiger partial charge in [0.05, 0.1) is 12.7 Å². The van der Waals surface area contributed by atoms with Crippen molar-refractivity contribution in [2.75, 3.05) is 6.54 Å². The Morgan fingerprint density at radius 2 is 1.80 bits per heavy atom. The van der Waals surface area contributed by atoms with E-state index in [9.17, 15) is 14.4 Å². The Kier molecular flexibility index (Phi) is 11.1. The lowest BCUT2D eigenvalue weighted by Crippen LogP contribution is -2.53. The number of amides is 2. The maximum absolute atomic E-state index is 12.8. The summed E-state index contributed by atoms with van der Waals surface area (Å²) < 4.78 is 11.0. The fourth-order valence-corrected chi connectivity index (χ4v) is 2.64. The van der Waals surface area contributed by atoms with Crippen LogP contribution in [0.3, 0.4) is 0 Å². The number of carbonyl (C=O) groups excluding carboxylic acids is 3. The third kappa shape index (κ3) is 10.4. The molecule has 0 aliphatic carbocycles. The van der Waals surface area contributed by atoms with Crippen LogP contribution in [-0.4, -0.2) is 48.6 Å². The van der Waals surface area contributed by atoms with Gasteiger partial charge in [-0.3, -0.25) is 4.79 Å². The molecule has 8 heteroatoms. The smallest absolute Gasteiger partial charge is 0.408 e. The molecule has 1 aromatic rings. The van der Waals surface area contributed by atoms with E-state index in [4.69, 9.17) is 15.2 Å². The fourth-order valence-electron chi connectivity index (χ4n) is 2.64. The van der Waals surface area contributed by atoms with Crippen LogP contribution in [0.1, 0.15) is 52.5 Å². The Labute approximate surface area is 178 Å². The second kappa shape index (κ2) is 13.0. The van der Waals surface area contributed by atoms with Gasteiger partial charge in [0.2, 0.25) is 5.91 Å². The van der Waals surface area contributed by atoms with Crippen LogP contribution in [0.2, 0.25) is 0 Å². The molecule has 2 amide bonds. The first-order valence-electron chi connectivity index (χ1n) is 10.3. The van der Waals surface area contributed by atoms with Gasteiger partial charge in [-0.25, -0.2) is 4.79 Å². The van der Waals surface area contributed by atoms with Crippen LogP contribution in [0, 0.1) is 0 Å². The highest BCUT2D eigenvalue weighted by atomic mass is 16.6. The van der Waals surface area contributed by atoms with Crippen LogP contribution in [-0.2, 0) is 25.7 Å². The Morgan fingerprint density at radius 1 is 1.13 bits per heavy atom. The zero-order valence-electron chi connectivity index (χ0n) is 18.4. The van der Waals surface area contributed by atoms with E-state index in [0.29, 0.717) is 38.7 Å². The van der Waals surface area contributed by atoms with Gasteiger partial charge in [0.15, 0.2) is 0 Å². The van der Waals surface area contributed by atoms with Gasteiger partial charge < -0.3 is 30.6 Å². The molecule has 0 saturated carbocycles. The highest BCUT2D eigenvalue weighted by Gasteiger charge is 2.27. The maximum Gasteiger partial charge on any atom is 0.408 e. The van der Waals surface area contributed by atoms with Crippen molar-refractivity contribution in [2.45, 2.75) is 77.4 Å². The highest BCUT2D eigenvalue weighted by molar-refractivity contribution is 5.87. The third-order valence-corrected chi connectivity index (χ3v) is 4.27. The molecule has 1 unspecified atom stereocenters. The molecule has 0 aromatic heterocycles. The first kappa shape index (κ1) is 25.6. The molecule has 0 saturated heterocycles. The number of aldehydes is 1. The Morgan fingerprint density at radius 3 is 2.37 bits per heavy atom. The Hall–Kier alpha value is -2.45. The summed E-state index contributed by atoms with van der Waals surface area (Å²) in [6.45, 7) is 7.74. The summed E-state index contributed by atoms with van der Waals surface area (Å²) in [6.07, 6.45) is 1.15. The molecular weight excluding hydrogens is 386 g/mol. The van der Waals surface area contributed by atoms with Gasteiger partial charge in [-0.1, -0.05) is 30.3 Å². The summed E-state index contributed by atoms with van der Waals surface area (Å²) in [5.41, 5.74) is 5.80. The molecule has 4 N–H and O–H groups in total. The zero-order valence-corrected chi connectivity index (χ0v) is 18.4. The summed E-state index contributed by atoms with van der Waals surface area (Å²) in [5, 5.41) is 5.25. The molecular formula is C22H35N3O5. The lowest BCUT2D eigenvalue weighted by Gasteiger charge is -2.26. The van der Waals surface area contributed by atoms with E-state index in [1.54, 1.807) is 27.7 Å². The normalized spacial score (nSPS) is 14.3. The molecule has 3 atom stereocenters. The average Bonchev–Trinajstić information content (AvgIpc) is 2.68. The second-order valence-electron chi connectivity index (χ2n) is 8.16. The number of hydrogen-bond acceptors (Lipinski definition) is 6. The second-order valence-corrected chi connectivity index (χ2v) is 8.16. The highest BCUT2D eigenvalue weighted by Crippen LogP contribution is 2.10. The van der Waals surface area contributed by atoms with E-state index >= 15 is 0 Å². The molecule has 0 aliphatic rings. The Balaban J connectivity index is 2.69. The van der Waals surface area contributed by atoms with Crippen molar-refractivity contribution in [2.24, 2.45) is 5.73 Å². The van der Waals surface area contributed by atoms with Gasteiger partial charge in [-0.05, 0) is 59.1 Å². The number of carbonyl (C=O) groups is 3. The summed E-state index contributed by atoms with van der Waals surface area (Å²) in [4.78, 5) is 36.4. The maximum atomic E-state index is 12.8. The molecule has 0 bridgehead atoms. The number of benzene rings is 1. The minimum atomic E-state index is -0.848. The topological polar surface area (TPSA) is 120 Å². The van der Waals surface area contributed by atoms with Crippen LogP contribution >= 0.6 is 0 Å². The van der Waals surface area contributed by atoms with Crippen LogP contribution in [0.5, 0.6) is 0 Å². The molecule has 0 fully saturated rings. The molecule has 1 aromatic carbocycles. The van der Waals surface area contributed by atoms with Crippen LogP contribution < -0.4 is 16.4 Å². The van der Waals surface area contributed by atoms with Gasteiger partial charge >= 0.3 is 6.09 Å². The van der Waals surface area contributed by atoms with Crippen molar-refractivity contribution in [3.05, 3.63) is 35.9 Å². The number of nitrogens with two attached hydrogens (primary N) is 1. The van der Waals surface area contributed by atoms with E-state index in [0.717, 1.165) is 5.56 Å². The SMILES string of the molecule is CC(OCc1ccccc1)[C@@H](C=O)NC(=O)[C@H](CCCCN)NC(=O)OC(C)(C)C. The molecule has 168 valence electrons. The largest absolute Gasteiger partial charge is 0.444 e. The predicted molar refractivity (Wildman–Crippen MR) is 115 cm³/mol. The number of alkyl carbamates (subject to hydrolysis) is 1. The lowest BCUT2D eigenvalue weighted by molar-refractivity contribution is -0.128. The van der Waals surface area contributed by atoms with Gasteiger partial charge in [0, 0.05) is 0 Å². The van der Waals surface area contributed by atoms with Crippen LogP contribution in [0.25, 0.3) is 0 Å². The van der Waals surface area contributed by atoms with Crippen molar-refractivity contribution in [3.8, 4) is 0 Å². The zero-order chi connectivity index (χ0) is 22.6. The molecule has 1 rings (SSSR count). The number of unbranched alkanes of at least 4 members (excludes halogenated alkanes) is 1. The number of ether oxygens (including phenoxy) is 2. The van der Waals surface area contributed by atoms with Crippen LogP contribution in [0.15, 0.2) is 30.3 Å². The molecule has 30 heavy (non-hydrogen) atoms. The first-order valence-corrected chi connectivity index (χ1v) is 10.3. The molecule has 0 radical (unpaired) electrons. The van der Waals surface area contributed by atoms with E-state index in [1.807, 2.05) is 30.3 Å². The Bertz CT molecular complexity index is 660. The quantitative estimate of drug-likeness (QED) is 0.352. The van der Waals surface area contributed by atoms with Gasteiger partial charge in [0.25, 0.3) is 0 Å². The van der Waals surface area contributed by atoms with E-state index in [2.05, 4.69) is 10.6 Å². The minimum absolute atomic E-state index is 0.318. The predicted octanol–water partition coefficient (Wildman–Crippen LogP) is 2.30. The molecule has 0 spiro atoms. The number of hydrogen-bond donors (Lipinski definition) is 3. The van der Waals surface area contributed by atoms with Crippen molar-refractivity contribution >= 4 is 18.3 Å². The first-order chi connectivity index (χ1) is 14.2. The third-order valence-electron chi connectivity index (χ3n) is 4.27. The van der Waals surface area contributed by atoms with Crippen molar-refractivity contribution in [3.63, 3.8) is 0 Å². The fraction of sp³-hybridized carbons (Fsp3) is 0.591. The number of rotatable bonds is 12. The number of nitrogens with one attached hydrogen (secondary N) is 2. The van der Waals surface area contributed by atoms with Crippen molar-refractivity contribution in [1.29, 1.82) is 0 Å². The summed E-state index contributed by atoms with van der Waals surface area (Å²) in [7, 11) is 0. The standard InChI is InChI=1S/C22H35N3O5/c1-16(29-15-17-10-6-5-7-11-17)19(14-26)24-20(27)18(12-8-9-13-23)25-21(28)30-22(2,3)4/h5-7,10-11,14,16,18-19H,8-9,12-13,15,23H2,1-4H3,(H,24,27)(H,25,28)/t16?,18-,19+/m0/s1. The lowest BCUT2D eigenvalue weighted by atomic mass is 10.1. The van der Waals surface area contributed by atoms with Gasteiger partial charge in [-0.2, -0.15) is 0 Å². The average molecular weight is 422 g/mol. The summed E-state index contributed by atoms with van der Waals surface area (Å²) in [5.74, 6) is -0.467. The molecule has 0 aliphatic heterocycles. The van der Waals surface area contributed by atoms with E-state index < -0.39 is 35.8 Å². The van der Waals surface area contributed by atoms with Gasteiger partial charge in [-0.15, -0.1) is 0 Å². The summed E-state index contributed by atoms with van der Waals surface area (Å²) in [6, 6.07) is 7.85. The molecule has 8 nitrogen and oxygen atoms in total. The molecule has 0 heterocycles. The van der Waals surface area contributed by atoms with Crippen LogP contribution in [0.4, 0.5) is 4.79 Å². The minimum Gasteiger partial charge on any atom is -0.444 e. The van der Waals surface area contributed by atoms with Crippen molar-refractivity contribution < 1.29 is 23.9 Å². The van der Waals surface area contributed by atoms with E-state index in [-0.39, 0.29) is 0 Å². The van der Waals surface area contributed by atoms with Gasteiger partial charge in [0.1, 0.15) is 24.0 Å². The monoisotopic (exact) mass is 421 g/mol. The summed E-state index contributed by atoms with van der Waals surface area (Å²) >= 11 is 0.